The quantitative estimate of drug-likeness (QED) is 0.261. The van der Waals surface area contributed by atoms with Crippen LogP contribution in [0, 0.1) is 17.7 Å². The number of anilines is 1. The van der Waals surface area contributed by atoms with Crippen molar-refractivity contribution in [2.24, 2.45) is 18.9 Å². The summed E-state index contributed by atoms with van der Waals surface area (Å²) in [6.07, 6.45) is 4.73. The van der Waals surface area contributed by atoms with Gasteiger partial charge in [0, 0.05) is 60.9 Å². The van der Waals surface area contributed by atoms with E-state index in [0.29, 0.717) is 51.2 Å². The molecule has 0 radical (unpaired) electrons. The lowest BCUT2D eigenvalue weighted by molar-refractivity contribution is -0.111. The molecule has 2 aliphatic carbocycles. The molecule has 7 nitrogen and oxygen atoms in total. The topological polar surface area (TPSA) is 80.7 Å². The first-order valence-corrected chi connectivity index (χ1v) is 13.9. The summed E-state index contributed by atoms with van der Waals surface area (Å²) in [5, 5.41) is 15.0. The third kappa shape index (κ3) is 4.12. The Morgan fingerprint density at radius 1 is 1.21 bits per heavy atom. The number of aromatic nitrogens is 2. The fourth-order valence-electron chi connectivity index (χ4n) is 6.35. The van der Waals surface area contributed by atoms with E-state index in [4.69, 9.17) is 32.5 Å². The zero-order chi connectivity index (χ0) is 27.0. The molecule has 0 amide bonds. The zero-order valence-electron chi connectivity index (χ0n) is 21.2. The molecule has 39 heavy (non-hydrogen) atoms. The number of nitrogens with zero attached hydrogens (tertiary/aromatic N) is 3. The smallest absolute Gasteiger partial charge is 0.337 e. The average Bonchev–Trinajstić information content (AvgIpc) is 3.58. The summed E-state index contributed by atoms with van der Waals surface area (Å²) >= 11 is 13.0. The van der Waals surface area contributed by atoms with E-state index >= 15 is 4.39 Å². The molecule has 4 heterocycles. The van der Waals surface area contributed by atoms with E-state index in [-0.39, 0.29) is 17.1 Å². The van der Waals surface area contributed by atoms with Crippen LogP contribution in [0.5, 0.6) is 0 Å². The molecule has 2 aromatic heterocycles. The molecular formula is C29H26Cl2FN3O4. The van der Waals surface area contributed by atoms with Crippen molar-refractivity contribution in [1.82, 2.24) is 9.72 Å². The Hall–Kier alpha value is -3.07. The van der Waals surface area contributed by atoms with Crippen molar-refractivity contribution in [3.8, 4) is 11.3 Å². The van der Waals surface area contributed by atoms with E-state index in [9.17, 15) is 9.90 Å². The van der Waals surface area contributed by atoms with Crippen LogP contribution < -0.4 is 4.90 Å². The molecule has 2 bridgehead atoms. The number of ether oxygens (including phenoxy) is 1. The molecule has 2 unspecified atom stereocenters. The highest BCUT2D eigenvalue weighted by Gasteiger charge is 2.48. The van der Waals surface area contributed by atoms with Gasteiger partial charge in [0.1, 0.15) is 17.3 Å². The normalized spacial score (nSPS) is 22.4. The molecular weight excluding hydrogens is 544 g/mol. The number of hydrogen-bond donors (Lipinski definition) is 1. The van der Waals surface area contributed by atoms with E-state index in [1.807, 2.05) is 6.07 Å². The molecule has 8 rings (SSSR count). The van der Waals surface area contributed by atoms with Crippen LogP contribution in [0.1, 0.15) is 46.9 Å². The molecule has 10 heteroatoms. The summed E-state index contributed by atoms with van der Waals surface area (Å²) < 4.78 is 29.0. The van der Waals surface area contributed by atoms with Crippen LogP contribution in [0.25, 0.3) is 22.2 Å². The predicted octanol–water partition coefficient (Wildman–Crippen LogP) is 6.90. The molecule has 1 N–H and O–H groups in total. The number of hydrogen-bond acceptors (Lipinski definition) is 5. The predicted molar refractivity (Wildman–Crippen MR) is 146 cm³/mol. The van der Waals surface area contributed by atoms with Gasteiger partial charge in [-0.25, -0.2) is 9.18 Å². The maximum atomic E-state index is 15.1. The first-order chi connectivity index (χ1) is 18.8. The molecule has 2 atom stereocenters. The van der Waals surface area contributed by atoms with Crippen LogP contribution in [-0.4, -0.2) is 40.0 Å². The third-order valence-electron chi connectivity index (χ3n) is 8.45. The summed E-state index contributed by atoms with van der Waals surface area (Å²) in [6.45, 7) is 1.85. The Morgan fingerprint density at radius 3 is 2.59 bits per heavy atom. The molecule has 2 saturated heterocycles. The second kappa shape index (κ2) is 9.25. The fraction of sp³-hybridized carbons (Fsp3) is 0.379. The van der Waals surface area contributed by atoms with Gasteiger partial charge >= 0.3 is 5.97 Å². The zero-order valence-corrected chi connectivity index (χ0v) is 22.7. The van der Waals surface area contributed by atoms with Crippen molar-refractivity contribution in [3.05, 3.63) is 69.3 Å². The summed E-state index contributed by atoms with van der Waals surface area (Å²) in [4.78, 5) is 13.7. The van der Waals surface area contributed by atoms with Crippen LogP contribution >= 0.6 is 23.2 Å². The number of halogens is 3. The number of carboxylic acid groups (broad SMARTS) is 1. The van der Waals surface area contributed by atoms with Crippen molar-refractivity contribution in [1.29, 1.82) is 0 Å². The molecule has 4 aromatic rings. The van der Waals surface area contributed by atoms with E-state index in [1.54, 1.807) is 29.8 Å². The van der Waals surface area contributed by atoms with Gasteiger partial charge in [0.25, 0.3) is 0 Å². The van der Waals surface area contributed by atoms with Crippen molar-refractivity contribution in [2.45, 2.75) is 37.9 Å². The lowest BCUT2D eigenvalue weighted by atomic mass is 9.68. The lowest BCUT2D eigenvalue weighted by Gasteiger charge is -2.53. The van der Waals surface area contributed by atoms with Crippen LogP contribution in [-0.2, 0) is 18.4 Å². The van der Waals surface area contributed by atoms with Crippen LogP contribution in [0.4, 0.5) is 10.1 Å². The van der Waals surface area contributed by atoms with Gasteiger partial charge in [0.05, 0.1) is 39.2 Å². The largest absolute Gasteiger partial charge is 0.478 e. The molecule has 2 saturated carbocycles. The fourth-order valence-corrected chi connectivity index (χ4v) is 6.93. The average molecular weight is 570 g/mol. The van der Waals surface area contributed by atoms with Gasteiger partial charge in [-0.05, 0) is 43.5 Å². The minimum Gasteiger partial charge on any atom is -0.478 e. The van der Waals surface area contributed by atoms with Crippen molar-refractivity contribution < 1.29 is 23.6 Å². The summed E-state index contributed by atoms with van der Waals surface area (Å²) in [5.74, 6) is 0.178. The minimum absolute atomic E-state index is 0.0248. The van der Waals surface area contributed by atoms with E-state index in [0.717, 1.165) is 49.4 Å². The summed E-state index contributed by atoms with van der Waals surface area (Å²) in [6, 6.07) is 8.72. The van der Waals surface area contributed by atoms with Crippen LogP contribution in [0.2, 0.25) is 10.0 Å². The molecule has 202 valence electrons. The standard InChI is InChI=1S/C29H26Cl2FN3O4/c1-34-12-18(29(36)37)24-22(32)8-17(9-23(24)34)35-10-15-7-16(11-35)27(15)38-13-19-26(33-39-28(19)14-5-6-14)25-20(30)3-2-4-21(25)31/h2-4,8-9,12,14-16,27H,5-7,10-11,13H2,1H3,(H,36,37). The van der Waals surface area contributed by atoms with Crippen molar-refractivity contribution >= 4 is 45.8 Å². The number of rotatable bonds is 7. The van der Waals surface area contributed by atoms with Crippen molar-refractivity contribution in [3.63, 3.8) is 0 Å². The van der Waals surface area contributed by atoms with Crippen molar-refractivity contribution in [2.75, 3.05) is 18.0 Å². The Morgan fingerprint density at radius 2 is 1.92 bits per heavy atom. The highest BCUT2D eigenvalue weighted by molar-refractivity contribution is 6.39. The van der Waals surface area contributed by atoms with E-state index in [2.05, 4.69) is 10.1 Å². The number of carboxylic acids is 1. The van der Waals surface area contributed by atoms with Gasteiger partial charge in [0.2, 0.25) is 0 Å². The van der Waals surface area contributed by atoms with Crippen LogP contribution in [0.15, 0.2) is 41.1 Å². The second-order valence-electron chi connectivity index (χ2n) is 11.0. The van der Waals surface area contributed by atoms with Gasteiger partial charge in [0.15, 0.2) is 0 Å². The highest BCUT2D eigenvalue weighted by atomic mass is 35.5. The molecule has 2 aromatic carbocycles. The lowest BCUT2D eigenvalue weighted by Crippen LogP contribution is -2.59. The summed E-state index contributed by atoms with van der Waals surface area (Å²) in [7, 11) is 1.74. The number of fused-ring (bicyclic) bond motifs is 3. The first-order valence-electron chi connectivity index (χ1n) is 13.1. The number of aryl methyl sites for hydroxylation is 1. The summed E-state index contributed by atoms with van der Waals surface area (Å²) in [5.41, 5.74) is 3.53. The van der Waals surface area contributed by atoms with Gasteiger partial charge in [-0.2, -0.15) is 0 Å². The minimum atomic E-state index is -1.14. The SMILES string of the molecule is Cn1cc(C(=O)O)c2c(F)cc(N3CC4CC(C3)C4OCc3c(-c4c(Cl)cccc4Cl)noc3C3CC3)cc21. The molecule has 4 aliphatic rings. The number of aromatic carboxylic acids is 1. The first kappa shape index (κ1) is 24.9. The molecule has 2 aliphatic heterocycles. The van der Waals surface area contributed by atoms with Gasteiger partial charge in [-0.3, -0.25) is 0 Å². The van der Waals surface area contributed by atoms with Gasteiger partial charge < -0.3 is 23.8 Å². The Bertz CT molecular complexity index is 1600. The van der Waals surface area contributed by atoms with Crippen LogP contribution in [0.3, 0.4) is 0 Å². The van der Waals surface area contributed by atoms with Gasteiger partial charge in [-0.15, -0.1) is 0 Å². The molecule has 0 spiro atoms. The Labute approximate surface area is 234 Å². The Balaban J connectivity index is 1.10. The highest BCUT2D eigenvalue weighted by Crippen LogP contribution is 2.48. The van der Waals surface area contributed by atoms with Gasteiger partial charge in [-0.1, -0.05) is 34.4 Å². The third-order valence-corrected chi connectivity index (χ3v) is 9.08. The number of benzene rings is 2. The monoisotopic (exact) mass is 569 g/mol. The Kier molecular flexibility index (Phi) is 5.91. The number of carbonyl (C=O) groups is 1. The second-order valence-corrected chi connectivity index (χ2v) is 11.8. The van der Waals surface area contributed by atoms with E-state index in [1.165, 1.54) is 12.3 Å². The number of piperidine rings is 2. The maximum absolute atomic E-state index is 15.1. The maximum Gasteiger partial charge on any atom is 0.337 e. The molecule has 4 fully saturated rings. The van der Waals surface area contributed by atoms with E-state index < -0.39 is 11.8 Å².